The van der Waals surface area contributed by atoms with Crippen LogP contribution in [0.25, 0.3) is 0 Å². The Balaban J connectivity index is 1.74. The van der Waals surface area contributed by atoms with Crippen LogP contribution in [-0.4, -0.2) is 85.7 Å². The van der Waals surface area contributed by atoms with Crippen LogP contribution in [0.15, 0.2) is 24.3 Å². The van der Waals surface area contributed by atoms with Gasteiger partial charge in [0.2, 0.25) is 11.8 Å². The quantitative estimate of drug-likeness (QED) is 0.602. The molecule has 156 valence electrons. The normalized spacial score (nSPS) is 14.2. The molecule has 2 amide bonds. The number of carbonyl (C=O) groups is 2. The lowest BCUT2D eigenvalue weighted by atomic mass is 10.3. The predicted molar refractivity (Wildman–Crippen MR) is 113 cm³/mol. The number of nitrogens with one attached hydrogen (secondary N) is 1. The summed E-state index contributed by atoms with van der Waals surface area (Å²) in [5, 5.41) is 2.89. The number of amides is 2. The molecular weight excluding hydrogens is 378 g/mol. The number of para-hydroxylation sites is 2. The van der Waals surface area contributed by atoms with Gasteiger partial charge in [-0.1, -0.05) is 26.0 Å². The van der Waals surface area contributed by atoms with E-state index in [1.165, 1.54) is 11.8 Å². The minimum absolute atomic E-state index is 0.0567. The largest absolute Gasteiger partial charge is 0.490 e. The van der Waals surface area contributed by atoms with E-state index in [0.29, 0.717) is 50.1 Å². The summed E-state index contributed by atoms with van der Waals surface area (Å²) in [6, 6.07) is 7.43. The molecule has 0 saturated carbocycles. The summed E-state index contributed by atoms with van der Waals surface area (Å²) in [7, 11) is 0. The predicted octanol–water partition coefficient (Wildman–Crippen LogP) is 1.94. The summed E-state index contributed by atoms with van der Waals surface area (Å²) in [6.45, 7) is 10.1. The second kappa shape index (κ2) is 12.6. The number of morpholine rings is 1. The average Bonchev–Trinajstić information content (AvgIpc) is 2.73. The van der Waals surface area contributed by atoms with Crippen LogP contribution in [0.3, 0.4) is 0 Å². The Hall–Kier alpha value is -1.77. The third-order valence-electron chi connectivity index (χ3n) is 4.54. The van der Waals surface area contributed by atoms with Crippen LogP contribution in [0.5, 0.6) is 5.75 Å². The minimum atomic E-state index is -0.139. The lowest BCUT2D eigenvalue weighted by Gasteiger charge is -2.26. The minimum Gasteiger partial charge on any atom is -0.490 e. The van der Waals surface area contributed by atoms with E-state index in [9.17, 15) is 9.59 Å². The van der Waals surface area contributed by atoms with Gasteiger partial charge in [0.1, 0.15) is 12.4 Å². The summed E-state index contributed by atoms with van der Waals surface area (Å²) in [5.41, 5.74) is 0.659. The van der Waals surface area contributed by atoms with Crippen molar-refractivity contribution in [2.45, 2.75) is 13.8 Å². The number of ether oxygens (including phenoxy) is 2. The molecule has 1 heterocycles. The summed E-state index contributed by atoms with van der Waals surface area (Å²) in [6.07, 6.45) is 0. The van der Waals surface area contributed by atoms with E-state index < -0.39 is 0 Å². The second-order valence-electron chi connectivity index (χ2n) is 6.41. The summed E-state index contributed by atoms with van der Waals surface area (Å²) in [5.74, 6) is 1.11. The Morgan fingerprint density at radius 2 is 1.89 bits per heavy atom. The van der Waals surface area contributed by atoms with Crippen molar-refractivity contribution in [2.24, 2.45) is 0 Å². The van der Waals surface area contributed by atoms with E-state index in [-0.39, 0.29) is 17.6 Å². The first-order valence-electron chi connectivity index (χ1n) is 9.81. The lowest BCUT2D eigenvalue weighted by molar-refractivity contribution is -0.132. The van der Waals surface area contributed by atoms with Crippen molar-refractivity contribution in [1.29, 1.82) is 0 Å². The third-order valence-corrected chi connectivity index (χ3v) is 5.46. The first kappa shape index (κ1) is 22.5. The molecule has 0 radical (unpaired) electrons. The molecule has 0 aliphatic carbocycles. The molecule has 1 aliphatic rings. The van der Waals surface area contributed by atoms with Gasteiger partial charge in [-0.15, -0.1) is 11.8 Å². The molecule has 28 heavy (non-hydrogen) atoms. The number of nitrogens with zero attached hydrogens (tertiary/aromatic N) is 2. The molecule has 0 spiro atoms. The highest BCUT2D eigenvalue weighted by Crippen LogP contribution is 2.24. The van der Waals surface area contributed by atoms with Crippen molar-refractivity contribution in [1.82, 2.24) is 9.80 Å². The average molecular weight is 410 g/mol. The van der Waals surface area contributed by atoms with Crippen LogP contribution in [0.1, 0.15) is 13.8 Å². The molecule has 1 aliphatic heterocycles. The van der Waals surface area contributed by atoms with Crippen LogP contribution < -0.4 is 10.1 Å². The van der Waals surface area contributed by atoms with E-state index >= 15 is 0 Å². The van der Waals surface area contributed by atoms with Crippen molar-refractivity contribution >= 4 is 29.3 Å². The fraction of sp³-hybridized carbons (Fsp3) is 0.600. The molecule has 0 atom stereocenters. The molecule has 1 aromatic rings. The van der Waals surface area contributed by atoms with E-state index in [4.69, 9.17) is 9.47 Å². The number of hydrogen-bond acceptors (Lipinski definition) is 6. The van der Waals surface area contributed by atoms with Crippen LogP contribution >= 0.6 is 11.8 Å². The zero-order chi connectivity index (χ0) is 20.2. The smallest absolute Gasteiger partial charge is 0.234 e. The van der Waals surface area contributed by atoms with E-state index in [0.717, 1.165) is 19.6 Å². The number of benzene rings is 1. The van der Waals surface area contributed by atoms with E-state index in [1.54, 1.807) is 4.90 Å². The summed E-state index contributed by atoms with van der Waals surface area (Å²) < 4.78 is 11.1. The van der Waals surface area contributed by atoms with Gasteiger partial charge < -0.3 is 24.6 Å². The van der Waals surface area contributed by atoms with Crippen molar-refractivity contribution in [3.05, 3.63) is 24.3 Å². The molecule has 0 bridgehead atoms. The standard InChI is InChI=1S/C20H31N3O4S/c1-3-22(4-2)9-14-27-18-8-6-5-7-17(18)21-19(24)15-28-16-20(25)23-10-12-26-13-11-23/h5-8H,3-4,9-16H2,1-2H3,(H,21,24). The molecule has 1 N–H and O–H groups in total. The monoisotopic (exact) mass is 409 g/mol. The molecule has 1 aromatic carbocycles. The third kappa shape index (κ3) is 7.69. The van der Waals surface area contributed by atoms with Crippen LogP contribution in [0.2, 0.25) is 0 Å². The van der Waals surface area contributed by atoms with Crippen LogP contribution in [-0.2, 0) is 14.3 Å². The van der Waals surface area contributed by atoms with Gasteiger partial charge in [0.25, 0.3) is 0 Å². The van der Waals surface area contributed by atoms with Crippen molar-refractivity contribution in [3.63, 3.8) is 0 Å². The first-order valence-corrected chi connectivity index (χ1v) is 11.0. The van der Waals surface area contributed by atoms with Gasteiger partial charge in [0.05, 0.1) is 30.4 Å². The summed E-state index contributed by atoms with van der Waals surface area (Å²) >= 11 is 1.32. The maximum absolute atomic E-state index is 12.3. The number of hydrogen-bond donors (Lipinski definition) is 1. The highest BCUT2D eigenvalue weighted by Gasteiger charge is 2.17. The van der Waals surface area contributed by atoms with Crippen molar-refractivity contribution < 1.29 is 19.1 Å². The molecule has 0 aromatic heterocycles. The van der Waals surface area contributed by atoms with E-state index in [1.807, 2.05) is 24.3 Å². The molecule has 2 rings (SSSR count). The molecule has 8 heteroatoms. The Labute approximate surface area is 171 Å². The molecule has 1 saturated heterocycles. The molecule has 0 unspecified atom stereocenters. The molecular formula is C20H31N3O4S. The number of anilines is 1. The molecule has 1 fully saturated rings. The fourth-order valence-corrected chi connectivity index (χ4v) is 3.56. The first-order chi connectivity index (χ1) is 13.6. The number of likely N-dealkylation sites (N-methyl/N-ethyl adjacent to an activating group) is 1. The second-order valence-corrected chi connectivity index (χ2v) is 7.39. The Kier molecular flexibility index (Phi) is 10.2. The van der Waals surface area contributed by atoms with Gasteiger partial charge in [0.15, 0.2) is 0 Å². The number of rotatable bonds is 11. The van der Waals surface area contributed by atoms with Gasteiger partial charge in [-0.25, -0.2) is 0 Å². The zero-order valence-corrected chi connectivity index (χ0v) is 17.6. The summed E-state index contributed by atoms with van der Waals surface area (Å²) in [4.78, 5) is 28.4. The van der Waals surface area contributed by atoms with Gasteiger partial charge in [-0.2, -0.15) is 0 Å². The van der Waals surface area contributed by atoms with Gasteiger partial charge >= 0.3 is 0 Å². The van der Waals surface area contributed by atoms with Gasteiger partial charge in [-0.3, -0.25) is 9.59 Å². The maximum Gasteiger partial charge on any atom is 0.234 e. The zero-order valence-electron chi connectivity index (χ0n) is 16.8. The fourth-order valence-electron chi connectivity index (χ4n) is 2.84. The van der Waals surface area contributed by atoms with Gasteiger partial charge in [0, 0.05) is 19.6 Å². The number of thioether (sulfide) groups is 1. The number of carbonyl (C=O) groups excluding carboxylic acids is 2. The van der Waals surface area contributed by atoms with Crippen molar-refractivity contribution in [3.8, 4) is 5.75 Å². The Morgan fingerprint density at radius 3 is 2.61 bits per heavy atom. The molecule has 7 nitrogen and oxygen atoms in total. The maximum atomic E-state index is 12.3. The SMILES string of the molecule is CCN(CC)CCOc1ccccc1NC(=O)CSCC(=O)N1CCOCC1. The highest BCUT2D eigenvalue weighted by atomic mass is 32.2. The van der Waals surface area contributed by atoms with E-state index in [2.05, 4.69) is 24.1 Å². The Bertz CT molecular complexity index is 619. The van der Waals surface area contributed by atoms with Crippen LogP contribution in [0, 0.1) is 0 Å². The van der Waals surface area contributed by atoms with Gasteiger partial charge in [-0.05, 0) is 25.2 Å². The Morgan fingerprint density at radius 1 is 1.18 bits per heavy atom. The topological polar surface area (TPSA) is 71.1 Å². The lowest BCUT2D eigenvalue weighted by Crippen LogP contribution is -2.41. The van der Waals surface area contributed by atoms with Crippen LogP contribution in [0.4, 0.5) is 5.69 Å². The van der Waals surface area contributed by atoms with Crippen molar-refractivity contribution in [2.75, 3.05) is 69.4 Å². The highest BCUT2D eigenvalue weighted by molar-refractivity contribution is 8.00.